The van der Waals surface area contributed by atoms with E-state index in [1.54, 1.807) is 11.3 Å². The van der Waals surface area contributed by atoms with E-state index in [0.717, 1.165) is 31.5 Å². The summed E-state index contributed by atoms with van der Waals surface area (Å²) in [7, 11) is 0. The molecule has 2 N–H and O–H groups in total. The monoisotopic (exact) mass is 339 g/mol. The number of carbonyl (C=O) groups excluding carboxylic acids is 1. The van der Waals surface area contributed by atoms with Crippen LogP contribution in [0.2, 0.25) is 0 Å². The molecule has 1 fully saturated rings. The zero-order chi connectivity index (χ0) is 13.0. The van der Waals surface area contributed by atoms with Crippen molar-refractivity contribution in [2.75, 3.05) is 13.1 Å². The lowest BCUT2D eigenvalue weighted by Crippen LogP contribution is -2.49. The van der Waals surface area contributed by atoms with Crippen LogP contribution in [0.1, 0.15) is 31.9 Å². The van der Waals surface area contributed by atoms with Crippen LogP contribution in [0.4, 0.5) is 0 Å². The lowest BCUT2D eigenvalue weighted by Gasteiger charge is -2.38. The number of hydrogen-bond donors (Lipinski definition) is 1. The Morgan fingerprint density at radius 3 is 2.90 bits per heavy atom. The minimum atomic E-state index is 0. The van der Waals surface area contributed by atoms with Gasteiger partial charge in [0.1, 0.15) is 0 Å². The minimum absolute atomic E-state index is 0. The van der Waals surface area contributed by atoms with Gasteiger partial charge in [-0.25, -0.2) is 4.98 Å². The number of piperidine rings is 1. The molecule has 116 valence electrons. The first-order valence-corrected chi connectivity index (χ1v) is 7.51. The number of nitrogens with two attached hydrogens (primary N) is 1. The SMILES string of the molecule is CC1CCN(C(=O)CCc2cscn2)C(CN)C1.Cl.Cl. The molecule has 7 heteroatoms. The van der Waals surface area contributed by atoms with Crippen molar-refractivity contribution in [3.8, 4) is 0 Å². The van der Waals surface area contributed by atoms with Crippen molar-refractivity contribution < 1.29 is 4.79 Å². The molecule has 0 spiro atoms. The van der Waals surface area contributed by atoms with Gasteiger partial charge in [0, 0.05) is 30.9 Å². The van der Waals surface area contributed by atoms with Crippen molar-refractivity contribution in [1.82, 2.24) is 9.88 Å². The maximum atomic E-state index is 12.2. The number of aromatic nitrogens is 1. The standard InChI is InChI=1S/C13H21N3OS.2ClH/c1-10-4-5-16(12(6-10)7-14)13(17)3-2-11-8-18-9-15-11;;/h8-10,12H,2-7,14H2,1H3;2*1H. The van der Waals surface area contributed by atoms with Gasteiger partial charge in [-0.2, -0.15) is 0 Å². The highest BCUT2D eigenvalue weighted by Crippen LogP contribution is 2.22. The highest BCUT2D eigenvalue weighted by molar-refractivity contribution is 7.07. The third-order valence-corrected chi connectivity index (χ3v) is 4.28. The van der Waals surface area contributed by atoms with Crippen molar-refractivity contribution in [3.05, 3.63) is 16.6 Å². The molecule has 2 rings (SSSR count). The van der Waals surface area contributed by atoms with E-state index in [9.17, 15) is 4.79 Å². The van der Waals surface area contributed by atoms with E-state index in [1.165, 1.54) is 0 Å². The molecule has 1 amide bonds. The molecular weight excluding hydrogens is 317 g/mol. The summed E-state index contributed by atoms with van der Waals surface area (Å²) in [5, 5.41) is 2.01. The third kappa shape index (κ3) is 5.20. The quantitative estimate of drug-likeness (QED) is 0.916. The maximum absolute atomic E-state index is 12.2. The van der Waals surface area contributed by atoms with E-state index in [-0.39, 0.29) is 36.8 Å². The van der Waals surface area contributed by atoms with Crippen molar-refractivity contribution in [2.45, 2.75) is 38.6 Å². The van der Waals surface area contributed by atoms with Crippen LogP contribution in [0, 0.1) is 5.92 Å². The van der Waals surface area contributed by atoms with Crippen LogP contribution in [0.25, 0.3) is 0 Å². The number of rotatable bonds is 4. The molecule has 2 atom stereocenters. The number of thiazole rings is 1. The van der Waals surface area contributed by atoms with Gasteiger partial charge in [-0.05, 0) is 25.2 Å². The smallest absolute Gasteiger partial charge is 0.223 e. The Morgan fingerprint density at radius 2 is 2.30 bits per heavy atom. The summed E-state index contributed by atoms with van der Waals surface area (Å²) in [6.45, 7) is 3.67. The third-order valence-electron chi connectivity index (χ3n) is 3.65. The summed E-state index contributed by atoms with van der Waals surface area (Å²) < 4.78 is 0. The first kappa shape index (κ1) is 19.6. The van der Waals surface area contributed by atoms with Crippen LogP contribution < -0.4 is 5.73 Å². The summed E-state index contributed by atoms with van der Waals surface area (Å²) in [6, 6.07) is 0.233. The van der Waals surface area contributed by atoms with Crippen molar-refractivity contribution in [3.63, 3.8) is 0 Å². The Hall–Kier alpha value is -0.360. The number of hydrogen-bond acceptors (Lipinski definition) is 4. The zero-order valence-corrected chi connectivity index (χ0v) is 14.1. The van der Waals surface area contributed by atoms with Gasteiger partial charge in [0.2, 0.25) is 5.91 Å². The van der Waals surface area contributed by atoms with Gasteiger partial charge in [0.15, 0.2) is 0 Å². The minimum Gasteiger partial charge on any atom is -0.338 e. The molecule has 1 aliphatic heterocycles. The molecule has 4 nitrogen and oxygen atoms in total. The number of likely N-dealkylation sites (tertiary alicyclic amines) is 1. The molecule has 2 unspecified atom stereocenters. The van der Waals surface area contributed by atoms with Gasteiger partial charge in [-0.15, -0.1) is 36.2 Å². The van der Waals surface area contributed by atoms with Crippen LogP contribution in [0.3, 0.4) is 0 Å². The Morgan fingerprint density at radius 1 is 1.55 bits per heavy atom. The molecular formula is C13H23Cl2N3OS. The van der Waals surface area contributed by atoms with Gasteiger partial charge < -0.3 is 10.6 Å². The summed E-state index contributed by atoms with van der Waals surface area (Å²) in [6.07, 6.45) is 3.43. The molecule has 1 aliphatic rings. The average Bonchev–Trinajstić information content (AvgIpc) is 2.88. The van der Waals surface area contributed by atoms with Crippen molar-refractivity contribution in [2.24, 2.45) is 11.7 Å². The topological polar surface area (TPSA) is 59.2 Å². The fraction of sp³-hybridized carbons (Fsp3) is 0.692. The molecule has 1 saturated heterocycles. The van der Waals surface area contributed by atoms with E-state index in [0.29, 0.717) is 18.9 Å². The Bertz CT molecular complexity index is 389. The van der Waals surface area contributed by atoms with E-state index < -0.39 is 0 Å². The van der Waals surface area contributed by atoms with Crippen LogP contribution in [-0.2, 0) is 11.2 Å². The number of halogens is 2. The molecule has 1 aromatic rings. The number of carbonyl (C=O) groups is 1. The fourth-order valence-corrected chi connectivity index (χ4v) is 3.14. The highest BCUT2D eigenvalue weighted by Gasteiger charge is 2.28. The predicted octanol–water partition coefficient (Wildman–Crippen LogP) is 2.51. The number of aryl methyl sites for hydroxylation is 1. The summed E-state index contributed by atoms with van der Waals surface area (Å²) in [4.78, 5) is 18.4. The Balaban J connectivity index is 0.00000180. The molecule has 0 saturated carbocycles. The van der Waals surface area contributed by atoms with Crippen LogP contribution >= 0.6 is 36.2 Å². The Kier molecular flexibility index (Phi) is 9.38. The van der Waals surface area contributed by atoms with Gasteiger partial charge in [0.25, 0.3) is 0 Å². The molecule has 0 bridgehead atoms. The summed E-state index contributed by atoms with van der Waals surface area (Å²) >= 11 is 1.58. The largest absolute Gasteiger partial charge is 0.338 e. The van der Waals surface area contributed by atoms with E-state index in [1.807, 2.05) is 15.8 Å². The average molecular weight is 340 g/mol. The predicted molar refractivity (Wildman–Crippen MR) is 87.9 cm³/mol. The van der Waals surface area contributed by atoms with Crippen molar-refractivity contribution >= 4 is 42.1 Å². The lowest BCUT2D eigenvalue weighted by atomic mass is 9.92. The second kappa shape index (κ2) is 9.55. The maximum Gasteiger partial charge on any atom is 0.223 e. The van der Waals surface area contributed by atoms with E-state index in [2.05, 4.69) is 11.9 Å². The summed E-state index contributed by atoms with van der Waals surface area (Å²) in [5.41, 5.74) is 8.61. The number of amides is 1. The van der Waals surface area contributed by atoms with Crippen LogP contribution in [-0.4, -0.2) is 34.9 Å². The van der Waals surface area contributed by atoms with Crippen LogP contribution in [0.15, 0.2) is 10.9 Å². The van der Waals surface area contributed by atoms with Gasteiger partial charge >= 0.3 is 0 Å². The molecule has 2 heterocycles. The molecule has 0 aliphatic carbocycles. The van der Waals surface area contributed by atoms with Gasteiger partial charge in [0.05, 0.1) is 11.2 Å². The fourth-order valence-electron chi connectivity index (χ4n) is 2.54. The first-order chi connectivity index (χ1) is 8.70. The molecule has 1 aromatic heterocycles. The first-order valence-electron chi connectivity index (χ1n) is 6.57. The highest BCUT2D eigenvalue weighted by atomic mass is 35.5. The number of nitrogens with zero attached hydrogens (tertiary/aromatic N) is 2. The lowest BCUT2D eigenvalue weighted by molar-refractivity contribution is -0.135. The zero-order valence-electron chi connectivity index (χ0n) is 11.7. The molecule has 0 radical (unpaired) electrons. The molecule has 20 heavy (non-hydrogen) atoms. The van der Waals surface area contributed by atoms with Gasteiger partial charge in [-0.1, -0.05) is 6.92 Å². The van der Waals surface area contributed by atoms with Crippen LogP contribution in [0.5, 0.6) is 0 Å². The normalized spacial score (nSPS) is 21.8. The van der Waals surface area contributed by atoms with Crippen molar-refractivity contribution in [1.29, 1.82) is 0 Å². The second-order valence-corrected chi connectivity index (χ2v) is 5.80. The van der Waals surface area contributed by atoms with Gasteiger partial charge in [-0.3, -0.25) is 4.79 Å². The molecule has 0 aromatic carbocycles. The Labute approximate surface area is 137 Å². The second-order valence-electron chi connectivity index (χ2n) is 5.09. The van der Waals surface area contributed by atoms with E-state index >= 15 is 0 Å². The van der Waals surface area contributed by atoms with E-state index in [4.69, 9.17) is 5.73 Å². The summed E-state index contributed by atoms with van der Waals surface area (Å²) in [5.74, 6) is 0.909.